The minimum atomic E-state index is -0.833. The number of nitrogens with zero attached hydrogens (tertiary/aromatic N) is 1. The first kappa shape index (κ1) is 26.2. The summed E-state index contributed by atoms with van der Waals surface area (Å²) in [5.41, 5.74) is 1.42. The Balaban J connectivity index is 0.000000395. The van der Waals surface area contributed by atoms with Crippen LogP contribution < -0.4 is 5.32 Å². The van der Waals surface area contributed by atoms with Crippen molar-refractivity contribution in [3.05, 3.63) is 35.9 Å². The van der Waals surface area contributed by atoms with Gasteiger partial charge in [0.15, 0.2) is 0 Å². The van der Waals surface area contributed by atoms with Crippen molar-refractivity contribution in [3.8, 4) is 0 Å². The third kappa shape index (κ3) is 9.22. The molecule has 0 aromatic heterocycles. The summed E-state index contributed by atoms with van der Waals surface area (Å²) in [6.07, 6.45) is 2.91. The van der Waals surface area contributed by atoms with Crippen LogP contribution in [0.1, 0.15) is 32.3 Å². The molecule has 9 nitrogen and oxygen atoms in total. The van der Waals surface area contributed by atoms with Crippen molar-refractivity contribution in [2.75, 3.05) is 32.8 Å². The highest BCUT2D eigenvalue weighted by Crippen LogP contribution is 2.28. The van der Waals surface area contributed by atoms with Crippen LogP contribution in [0, 0.1) is 0 Å². The summed E-state index contributed by atoms with van der Waals surface area (Å²) < 4.78 is 11.4. The number of benzene rings is 1. The first-order valence-electron chi connectivity index (χ1n) is 11.1. The van der Waals surface area contributed by atoms with Crippen LogP contribution in [0.15, 0.2) is 30.3 Å². The molecule has 3 aliphatic rings. The third-order valence-electron chi connectivity index (χ3n) is 5.62. The number of ether oxygens (including phenoxy) is 2. The van der Waals surface area contributed by atoms with E-state index in [0.717, 1.165) is 39.9 Å². The van der Waals surface area contributed by atoms with Gasteiger partial charge in [-0.1, -0.05) is 30.3 Å². The van der Waals surface area contributed by atoms with Gasteiger partial charge >= 0.3 is 0 Å². The van der Waals surface area contributed by atoms with Crippen molar-refractivity contribution in [2.24, 2.45) is 0 Å². The van der Waals surface area contributed by atoms with E-state index in [2.05, 4.69) is 40.5 Å². The number of aliphatic hydroxyl groups excluding tert-OH is 1. The van der Waals surface area contributed by atoms with Crippen molar-refractivity contribution < 1.29 is 34.4 Å². The van der Waals surface area contributed by atoms with E-state index in [1.165, 1.54) is 18.4 Å². The second-order valence-corrected chi connectivity index (χ2v) is 8.33. The fourth-order valence-corrected chi connectivity index (χ4v) is 4.18. The Morgan fingerprint density at radius 3 is 2.16 bits per heavy atom. The average molecular weight is 453 g/mol. The monoisotopic (exact) mass is 452 g/mol. The minimum Gasteiger partial charge on any atom is -0.481 e. The molecule has 4 rings (SSSR count). The number of carboxylic acid groups (broad SMARTS) is 2. The maximum Gasteiger partial charge on any atom is 0.300 e. The lowest BCUT2D eigenvalue weighted by Gasteiger charge is -2.34. The molecule has 3 saturated heterocycles. The molecule has 0 aliphatic carbocycles. The highest BCUT2D eigenvalue weighted by atomic mass is 16.6. The molecule has 4 atom stereocenters. The Morgan fingerprint density at radius 1 is 1.00 bits per heavy atom. The zero-order chi connectivity index (χ0) is 23.5. The van der Waals surface area contributed by atoms with Gasteiger partial charge in [-0.2, -0.15) is 0 Å². The summed E-state index contributed by atoms with van der Waals surface area (Å²) in [4.78, 5) is 20.6. The van der Waals surface area contributed by atoms with Gasteiger partial charge in [-0.25, -0.2) is 0 Å². The Labute approximate surface area is 189 Å². The highest BCUT2D eigenvalue weighted by Gasteiger charge is 2.47. The van der Waals surface area contributed by atoms with Gasteiger partial charge < -0.3 is 35.0 Å². The van der Waals surface area contributed by atoms with Gasteiger partial charge in [0.1, 0.15) is 18.3 Å². The number of nitrogens with one attached hydrogen (secondary N) is 1. The molecule has 32 heavy (non-hydrogen) atoms. The first-order valence-corrected chi connectivity index (χ1v) is 11.1. The van der Waals surface area contributed by atoms with Crippen molar-refractivity contribution >= 4 is 11.9 Å². The fourth-order valence-electron chi connectivity index (χ4n) is 4.18. The molecule has 3 fully saturated rings. The highest BCUT2D eigenvalue weighted by molar-refractivity contribution is 5.63. The van der Waals surface area contributed by atoms with E-state index in [-0.39, 0.29) is 18.2 Å². The first-order chi connectivity index (χ1) is 15.3. The van der Waals surface area contributed by atoms with E-state index in [4.69, 9.17) is 29.3 Å². The van der Waals surface area contributed by atoms with Crippen molar-refractivity contribution in [1.82, 2.24) is 10.2 Å². The molecular formula is C23H36N2O7. The number of hydrogen-bond acceptors (Lipinski definition) is 7. The van der Waals surface area contributed by atoms with E-state index in [1.54, 1.807) is 0 Å². The van der Waals surface area contributed by atoms with Crippen molar-refractivity contribution in [1.29, 1.82) is 0 Å². The van der Waals surface area contributed by atoms with Gasteiger partial charge in [0.05, 0.1) is 19.3 Å². The van der Waals surface area contributed by atoms with Crippen LogP contribution in [0.25, 0.3) is 0 Å². The van der Waals surface area contributed by atoms with Crippen molar-refractivity contribution in [3.63, 3.8) is 0 Å². The second-order valence-electron chi connectivity index (χ2n) is 8.33. The Bertz CT molecular complexity index is 675. The van der Waals surface area contributed by atoms with E-state index in [1.807, 2.05) is 0 Å². The lowest BCUT2D eigenvalue weighted by molar-refractivity contribution is -0.135. The lowest BCUT2D eigenvalue weighted by atomic mass is 10.0. The van der Waals surface area contributed by atoms with Gasteiger partial charge in [-0.05, 0) is 37.9 Å². The Morgan fingerprint density at radius 2 is 1.56 bits per heavy atom. The summed E-state index contributed by atoms with van der Waals surface area (Å²) in [7, 11) is 0. The Kier molecular flexibility index (Phi) is 11.1. The molecule has 4 N–H and O–H groups in total. The number of aliphatic carboxylic acids is 2. The molecule has 0 spiro atoms. The topological polar surface area (TPSA) is 129 Å². The molecule has 3 aliphatic heterocycles. The molecule has 0 radical (unpaired) electrons. The molecule has 9 heteroatoms. The summed E-state index contributed by atoms with van der Waals surface area (Å²) in [6, 6.07) is 11.5. The van der Waals surface area contributed by atoms with E-state index in [0.29, 0.717) is 19.3 Å². The number of carbonyl (C=O) groups is 2. The van der Waals surface area contributed by atoms with Crippen LogP contribution in [0.2, 0.25) is 0 Å². The minimum absolute atomic E-state index is 0.0242. The summed E-state index contributed by atoms with van der Waals surface area (Å²) in [6.45, 7) is 6.67. The van der Waals surface area contributed by atoms with Gasteiger partial charge in [-0.15, -0.1) is 0 Å². The number of aliphatic hydroxyl groups is 1. The largest absolute Gasteiger partial charge is 0.481 e. The molecule has 0 saturated carbocycles. The smallest absolute Gasteiger partial charge is 0.300 e. The molecule has 180 valence electrons. The van der Waals surface area contributed by atoms with Gasteiger partial charge in [0.2, 0.25) is 0 Å². The molecule has 0 amide bonds. The normalized spacial score (nSPS) is 27.5. The quantitative estimate of drug-likeness (QED) is 0.517. The van der Waals surface area contributed by atoms with Crippen LogP contribution in [-0.2, 0) is 25.5 Å². The number of carboxylic acids is 2. The van der Waals surface area contributed by atoms with Gasteiger partial charge in [0, 0.05) is 26.4 Å². The standard InChI is InChI=1S/C19H28N2O3.2C2H4O2/c22-17-13-24-18-16(12-23-19(17)18)20-15-7-10-21(11-8-15)9-6-14-4-2-1-3-5-14;2*1-2(3)4/h1-5,15-20,22H,6-13H2;2*1H3,(H,3,4)/t16-,17-,18-,19-;;/m1../s1. The molecule has 1 aromatic carbocycles. The van der Waals surface area contributed by atoms with Crippen LogP contribution in [-0.4, -0.2) is 95.4 Å². The summed E-state index contributed by atoms with van der Waals surface area (Å²) in [5.74, 6) is -1.67. The number of hydrogen-bond donors (Lipinski definition) is 4. The Hall–Kier alpha value is -2.04. The predicted molar refractivity (Wildman–Crippen MR) is 119 cm³/mol. The molecular weight excluding hydrogens is 416 g/mol. The van der Waals surface area contributed by atoms with Crippen LogP contribution >= 0.6 is 0 Å². The summed E-state index contributed by atoms with van der Waals surface area (Å²) in [5, 5.41) is 28.4. The summed E-state index contributed by atoms with van der Waals surface area (Å²) >= 11 is 0. The maximum absolute atomic E-state index is 9.83. The average Bonchev–Trinajstić information content (AvgIpc) is 3.31. The third-order valence-corrected chi connectivity index (χ3v) is 5.62. The van der Waals surface area contributed by atoms with Crippen molar-refractivity contribution in [2.45, 2.75) is 63.5 Å². The second kappa shape index (κ2) is 13.5. The zero-order valence-electron chi connectivity index (χ0n) is 18.9. The predicted octanol–water partition coefficient (Wildman–Crippen LogP) is 0.992. The van der Waals surface area contributed by atoms with E-state index >= 15 is 0 Å². The molecule has 3 heterocycles. The lowest BCUT2D eigenvalue weighted by Crippen LogP contribution is -2.50. The zero-order valence-corrected chi connectivity index (χ0v) is 18.9. The number of rotatable bonds is 5. The van der Waals surface area contributed by atoms with E-state index < -0.39 is 18.0 Å². The number of fused-ring (bicyclic) bond motifs is 1. The number of piperidine rings is 1. The van der Waals surface area contributed by atoms with Crippen LogP contribution in [0.3, 0.4) is 0 Å². The van der Waals surface area contributed by atoms with Crippen LogP contribution in [0.4, 0.5) is 0 Å². The van der Waals surface area contributed by atoms with Gasteiger partial charge in [-0.3, -0.25) is 9.59 Å². The fraction of sp³-hybridized carbons (Fsp3) is 0.652. The molecule has 1 aromatic rings. The van der Waals surface area contributed by atoms with Crippen LogP contribution in [0.5, 0.6) is 0 Å². The molecule has 0 unspecified atom stereocenters. The van der Waals surface area contributed by atoms with Gasteiger partial charge in [0.25, 0.3) is 11.9 Å². The SMILES string of the molecule is CC(=O)O.CC(=O)O.O[C@@H]1CO[C@H]2[C@@H]1OC[C@H]2NC1CCN(CCc2ccccc2)CC1. The maximum atomic E-state index is 9.83. The number of likely N-dealkylation sites (tertiary alicyclic amines) is 1. The molecule has 0 bridgehead atoms. The van der Waals surface area contributed by atoms with E-state index in [9.17, 15) is 5.11 Å².